The quantitative estimate of drug-likeness (QED) is 0.811. The summed E-state index contributed by atoms with van der Waals surface area (Å²) in [4.78, 5) is 0. The standard InChI is InChI=1S/C11H9F3N2O/c1-2-17-10-8-6-4-3-5-7(8)9(15-16-10)11(12,13)14/h3-6H,2H2,1H3. The first kappa shape index (κ1) is 11.6. The van der Waals surface area contributed by atoms with Gasteiger partial charge in [-0.1, -0.05) is 18.2 Å². The number of alkyl halides is 3. The molecule has 2 aromatic rings. The Hall–Kier alpha value is -1.85. The predicted molar refractivity (Wildman–Crippen MR) is 55.7 cm³/mol. The van der Waals surface area contributed by atoms with E-state index in [0.29, 0.717) is 12.0 Å². The Kier molecular flexibility index (Phi) is 2.87. The van der Waals surface area contributed by atoms with E-state index < -0.39 is 11.9 Å². The summed E-state index contributed by atoms with van der Waals surface area (Å²) in [5.74, 6) is 0.121. The molecular weight excluding hydrogens is 233 g/mol. The normalized spacial score (nSPS) is 11.8. The van der Waals surface area contributed by atoms with Crippen LogP contribution < -0.4 is 4.74 Å². The number of hydrogen-bond acceptors (Lipinski definition) is 3. The highest BCUT2D eigenvalue weighted by Gasteiger charge is 2.35. The number of fused-ring (bicyclic) bond motifs is 1. The lowest BCUT2D eigenvalue weighted by molar-refractivity contribution is -0.140. The number of benzene rings is 1. The molecule has 0 bridgehead atoms. The highest BCUT2D eigenvalue weighted by atomic mass is 19.4. The summed E-state index contributed by atoms with van der Waals surface area (Å²) in [7, 11) is 0. The molecule has 3 nitrogen and oxygen atoms in total. The van der Waals surface area contributed by atoms with Crippen LogP contribution in [0.15, 0.2) is 24.3 Å². The van der Waals surface area contributed by atoms with Crippen molar-refractivity contribution in [2.75, 3.05) is 6.61 Å². The van der Waals surface area contributed by atoms with E-state index in [0.717, 1.165) is 0 Å². The highest BCUT2D eigenvalue weighted by Crippen LogP contribution is 2.34. The van der Waals surface area contributed by atoms with E-state index in [2.05, 4.69) is 10.2 Å². The van der Waals surface area contributed by atoms with Crippen LogP contribution in [0.25, 0.3) is 10.8 Å². The van der Waals surface area contributed by atoms with Gasteiger partial charge in [0.2, 0.25) is 5.88 Å². The zero-order valence-corrected chi connectivity index (χ0v) is 8.95. The Morgan fingerprint density at radius 1 is 1.12 bits per heavy atom. The second-order valence-corrected chi connectivity index (χ2v) is 3.33. The van der Waals surface area contributed by atoms with Gasteiger partial charge in [0.1, 0.15) is 0 Å². The first-order chi connectivity index (χ1) is 8.04. The summed E-state index contributed by atoms with van der Waals surface area (Å²) >= 11 is 0. The molecule has 1 aromatic heterocycles. The van der Waals surface area contributed by atoms with Crippen LogP contribution in [-0.2, 0) is 6.18 Å². The zero-order valence-electron chi connectivity index (χ0n) is 8.95. The maximum absolute atomic E-state index is 12.7. The third-order valence-corrected chi connectivity index (χ3v) is 2.20. The highest BCUT2D eigenvalue weighted by molar-refractivity contribution is 5.88. The number of aromatic nitrogens is 2. The van der Waals surface area contributed by atoms with E-state index >= 15 is 0 Å². The predicted octanol–water partition coefficient (Wildman–Crippen LogP) is 3.05. The molecule has 0 radical (unpaired) electrons. The maximum Gasteiger partial charge on any atom is 0.435 e. The SMILES string of the molecule is CCOc1nnc(C(F)(F)F)c2ccccc12. The Labute approximate surface area is 95.2 Å². The second-order valence-electron chi connectivity index (χ2n) is 3.33. The monoisotopic (exact) mass is 242 g/mol. The summed E-state index contributed by atoms with van der Waals surface area (Å²) in [6, 6.07) is 6.04. The van der Waals surface area contributed by atoms with Crippen molar-refractivity contribution in [1.82, 2.24) is 10.2 Å². The topological polar surface area (TPSA) is 35.0 Å². The Morgan fingerprint density at radius 3 is 2.35 bits per heavy atom. The van der Waals surface area contributed by atoms with E-state index in [9.17, 15) is 13.2 Å². The first-order valence-corrected chi connectivity index (χ1v) is 4.99. The van der Waals surface area contributed by atoms with Crippen molar-refractivity contribution in [3.63, 3.8) is 0 Å². The van der Waals surface area contributed by atoms with Gasteiger partial charge in [0.25, 0.3) is 0 Å². The van der Waals surface area contributed by atoms with Gasteiger partial charge in [-0.3, -0.25) is 0 Å². The number of halogens is 3. The van der Waals surface area contributed by atoms with Crippen LogP contribution in [0.4, 0.5) is 13.2 Å². The summed E-state index contributed by atoms with van der Waals surface area (Å²) < 4.78 is 43.2. The Bertz CT molecular complexity index is 540. The molecular formula is C11H9F3N2O. The van der Waals surface area contributed by atoms with Gasteiger partial charge in [0.05, 0.1) is 6.61 Å². The second kappa shape index (κ2) is 4.20. The number of nitrogens with zero attached hydrogens (tertiary/aromatic N) is 2. The molecule has 90 valence electrons. The maximum atomic E-state index is 12.7. The molecule has 1 aromatic carbocycles. The van der Waals surface area contributed by atoms with Gasteiger partial charge in [-0.05, 0) is 13.0 Å². The van der Waals surface area contributed by atoms with Crippen LogP contribution in [0, 0.1) is 0 Å². The van der Waals surface area contributed by atoms with Crippen molar-refractivity contribution in [2.45, 2.75) is 13.1 Å². The van der Waals surface area contributed by atoms with E-state index in [1.165, 1.54) is 18.2 Å². The average molecular weight is 242 g/mol. The van der Waals surface area contributed by atoms with Crippen LogP contribution in [0.5, 0.6) is 5.88 Å². The van der Waals surface area contributed by atoms with E-state index in [1.54, 1.807) is 13.0 Å². The number of rotatable bonds is 2. The summed E-state index contributed by atoms with van der Waals surface area (Å²) in [5.41, 5.74) is -0.989. The van der Waals surface area contributed by atoms with Crippen LogP contribution in [0.1, 0.15) is 12.6 Å². The van der Waals surface area contributed by atoms with Crippen LogP contribution >= 0.6 is 0 Å². The number of ether oxygens (including phenoxy) is 1. The van der Waals surface area contributed by atoms with Gasteiger partial charge in [0.15, 0.2) is 5.69 Å². The third kappa shape index (κ3) is 2.15. The van der Waals surface area contributed by atoms with Gasteiger partial charge in [-0.15, -0.1) is 10.2 Å². The summed E-state index contributed by atoms with van der Waals surface area (Å²) in [6.07, 6.45) is -4.52. The van der Waals surface area contributed by atoms with Gasteiger partial charge < -0.3 is 4.74 Å². The molecule has 0 aliphatic heterocycles. The van der Waals surface area contributed by atoms with Crippen molar-refractivity contribution < 1.29 is 17.9 Å². The molecule has 2 rings (SSSR count). The van der Waals surface area contributed by atoms with Gasteiger partial charge in [-0.2, -0.15) is 13.2 Å². The van der Waals surface area contributed by atoms with E-state index in [1.807, 2.05) is 0 Å². The van der Waals surface area contributed by atoms with Gasteiger partial charge in [0, 0.05) is 10.8 Å². The third-order valence-electron chi connectivity index (χ3n) is 2.20. The minimum Gasteiger partial charge on any atom is -0.476 e. The molecule has 0 amide bonds. The van der Waals surface area contributed by atoms with Crippen LogP contribution in [0.2, 0.25) is 0 Å². The van der Waals surface area contributed by atoms with E-state index in [4.69, 9.17) is 4.74 Å². The fourth-order valence-corrected chi connectivity index (χ4v) is 1.53. The Balaban J connectivity index is 2.71. The lowest BCUT2D eigenvalue weighted by Gasteiger charge is -2.10. The molecule has 17 heavy (non-hydrogen) atoms. The smallest absolute Gasteiger partial charge is 0.435 e. The summed E-state index contributed by atoms with van der Waals surface area (Å²) in [5, 5.41) is 6.98. The molecule has 0 unspecified atom stereocenters. The van der Waals surface area contributed by atoms with Gasteiger partial charge >= 0.3 is 6.18 Å². The van der Waals surface area contributed by atoms with Crippen molar-refractivity contribution >= 4 is 10.8 Å². The molecule has 1 heterocycles. The zero-order chi connectivity index (χ0) is 12.5. The van der Waals surface area contributed by atoms with Crippen LogP contribution in [-0.4, -0.2) is 16.8 Å². The van der Waals surface area contributed by atoms with Crippen molar-refractivity contribution in [2.24, 2.45) is 0 Å². The average Bonchev–Trinajstić information content (AvgIpc) is 2.28. The van der Waals surface area contributed by atoms with Crippen molar-refractivity contribution in [3.8, 4) is 5.88 Å². The van der Waals surface area contributed by atoms with Crippen molar-refractivity contribution in [1.29, 1.82) is 0 Å². The summed E-state index contributed by atoms with van der Waals surface area (Å²) in [6.45, 7) is 2.05. The van der Waals surface area contributed by atoms with Crippen LogP contribution in [0.3, 0.4) is 0 Å². The largest absolute Gasteiger partial charge is 0.476 e. The Morgan fingerprint density at radius 2 is 1.76 bits per heavy atom. The molecule has 0 atom stereocenters. The molecule has 0 fully saturated rings. The number of hydrogen-bond donors (Lipinski definition) is 0. The molecule has 0 N–H and O–H groups in total. The van der Waals surface area contributed by atoms with Crippen molar-refractivity contribution in [3.05, 3.63) is 30.0 Å². The molecule has 0 saturated carbocycles. The van der Waals surface area contributed by atoms with Gasteiger partial charge in [-0.25, -0.2) is 0 Å². The first-order valence-electron chi connectivity index (χ1n) is 4.99. The molecule has 0 saturated heterocycles. The van der Waals surface area contributed by atoms with E-state index in [-0.39, 0.29) is 11.3 Å². The molecule has 0 aliphatic rings. The lowest BCUT2D eigenvalue weighted by Crippen LogP contribution is -2.11. The molecule has 6 heteroatoms. The lowest BCUT2D eigenvalue weighted by atomic mass is 10.1. The molecule has 0 spiro atoms. The minimum absolute atomic E-state index is 0.00144. The fourth-order valence-electron chi connectivity index (χ4n) is 1.53. The minimum atomic E-state index is -4.52. The fraction of sp³-hybridized carbons (Fsp3) is 0.273. The molecule has 0 aliphatic carbocycles.